The molecule has 0 aliphatic rings. The molecule has 0 aromatic heterocycles. The van der Waals surface area contributed by atoms with Gasteiger partial charge in [-0.2, -0.15) is 0 Å². The molecule has 0 bridgehead atoms. The zero-order chi connectivity index (χ0) is 13.8. The third-order valence-corrected chi connectivity index (χ3v) is 1.62. The largest absolute Gasteiger partial charge is 0.481 e. The van der Waals surface area contributed by atoms with Crippen LogP contribution in [-0.2, 0) is 14.4 Å². The molecule has 1 unspecified atom stereocenters. The Morgan fingerprint density at radius 2 is 1.71 bits per heavy atom. The van der Waals surface area contributed by atoms with E-state index in [1.165, 1.54) is 0 Å². The van der Waals surface area contributed by atoms with Crippen molar-refractivity contribution in [3.63, 3.8) is 0 Å². The molecule has 0 aromatic rings. The van der Waals surface area contributed by atoms with E-state index in [0.29, 0.717) is 0 Å². The van der Waals surface area contributed by atoms with E-state index in [9.17, 15) is 14.4 Å². The second kappa shape index (κ2) is 10.9. The maximum atomic E-state index is 11.0. The number of hydrogen-bond acceptors (Lipinski definition) is 4. The quantitative estimate of drug-likeness (QED) is 0.490. The molecule has 7 nitrogen and oxygen atoms in total. The van der Waals surface area contributed by atoms with Gasteiger partial charge in [-0.05, 0) is 13.5 Å². The third-order valence-electron chi connectivity index (χ3n) is 1.62. The molecule has 0 spiro atoms. The first-order chi connectivity index (χ1) is 7.97. The SMILES string of the molecule is CC.CNCC(=O)NC(CCC(=O)O)C(=O)O. The summed E-state index contributed by atoms with van der Waals surface area (Å²) in [5, 5.41) is 21.8. The highest BCUT2D eigenvalue weighted by molar-refractivity contribution is 5.84. The van der Waals surface area contributed by atoms with Crippen LogP contribution in [0.3, 0.4) is 0 Å². The molecule has 100 valence electrons. The predicted molar refractivity (Wildman–Crippen MR) is 61.7 cm³/mol. The highest BCUT2D eigenvalue weighted by Gasteiger charge is 2.20. The lowest BCUT2D eigenvalue weighted by Crippen LogP contribution is -2.44. The lowest BCUT2D eigenvalue weighted by molar-refractivity contribution is -0.142. The van der Waals surface area contributed by atoms with Crippen molar-refractivity contribution in [2.75, 3.05) is 13.6 Å². The summed E-state index contributed by atoms with van der Waals surface area (Å²) in [5.41, 5.74) is 0. The number of carbonyl (C=O) groups is 3. The second-order valence-electron chi connectivity index (χ2n) is 2.92. The van der Waals surface area contributed by atoms with E-state index >= 15 is 0 Å². The van der Waals surface area contributed by atoms with E-state index < -0.39 is 23.9 Å². The molecule has 0 aliphatic heterocycles. The van der Waals surface area contributed by atoms with E-state index in [-0.39, 0.29) is 19.4 Å². The summed E-state index contributed by atoms with van der Waals surface area (Å²) in [6, 6.07) is -1.15. The number of amides is 1. The van der Waals surface area contributed by atoms with Crippen molar-refractivity contribution in [1.29, 1.82) is 0 Å². The van der Waals surface area contributed by atoms with Crippen molar-refractivity contribution >= 4 is 17.8 Å². The molecule has 0 aliphatic carbocycles. The van der Waals surface area contributed by atoms with E-state index in [2.05, 4.69) is 10.6 Å². The van der Waals surface area contributed by atoms with Crippen molar-refractivity contribution in [2.24, 2.45) is 0 Å². The van der Waals surface area contributed by atoms with Gasteiger partial charge in [-0.15, -0.1) is 0 Å². The molecule has 0 aromatic carbocycles. The van der Waals surface area contributed by atoms with Crippen LogP contribution in [0.5, 0.6) is 0 Å². The van der Waals surface area contributed by atoms with Crippen LogP contribution in [0.2, 0.25) is 0 Å². The number of aliphatic carboxylic acids is 2. The van der Waals surface area contributed by atoms with Crippen LogP contribution in [0.4, 0.5) is 0 Å². The Labute approximate surface area is 100 Å². The molecule has 1 atom stereocenters. The number of rotatable bonds is 7. The van der Waals surface area contributed by atoms with Crippen molar-refractivity contribution in [1.82, 2.24) is 10.6 Å². The van der Waals surface area contributed by atoms with Gasteiger partial charge in [0, 0.05) is 6.42 Å². The number of likely N-dealkylation sites (N-methyl/N-ethyl adjacent to an activating group) is 1. The molecule has 4 N–H and O–H groups in total. The Kier molecular flexibility index (Phi) is 11.4. The van der Waals surface area contributed by atoms with Crippen LogP contribution in [0.15, 0.2) is 0 Å². The van der Waals surface area contributed by atoms with Crippen LogP contribution in [-0.4, -0.2) is 47.7 Å². The van der Waals surface area contributed by atoms with Gasteiger partial charge < -0.3 is 20.8 Å². The van der Waals surface area contributed by atoms with Crippen LogP contribution in [0.25, 0.3) is 0 Å². The zero-order valence-corrected chi connectivity index (χ0v) is 10.3. The highest BCUT2D eigenvalue weighted by Crippen LogP contribution is 1.97. The maximum absolute atomic E-state index is 11.0. The summed E-state index contributed by atoms with van der Waals surface area (Å²) in [4.78, 5) is 31.9. The standard InChI is InChI=1S/C8H14N2O5.C2H6/c1-9-4-6(11)10-5(8(14)15)2-3-7(12)13;1-2/h5,9H,2-4H2,1H3,(H,10,11)(H,12,13)(H,14,15);1-2H3. The fraction of sp³-hybridized carbons (Fsp3) is 0.700. The highest BCUT2D eigenvalue weighted by atomic mass is 16.4. The Morgan fingerprint density at radius 1 is 1.18 bits per heavy atom. The van der Waals surface area contributed by atoms with Crippen molar-refractivity contribution < 1.29 is 24.6 Å². The van der Waals surface area contributed by atoms with Crippen molar-refractivity contribution in [3.05, 3.63) is 0 Å². The summed E-state index contributed by atoms with van der Waals surface area (Å²) < 4.78 is 0. The zero-order valence-electron chi connectivity index (χ0n) is 10.3. The fourth-order valence-electron chi connectivity index (χ4n) is 0.931. The van der Waals surface area contributed by atoms with E-state index in [4.69, 9.17) is 10.2 Å². The molecule has 0 radical (unpaired) electrons. The van der Waals surface area contributed by atoms with Gasteiger partial charge >= 0.3 is 11.9 Å². The lowest BCUT2D eigenvalue weighted by Gasteiger charge is -2.12. The fourth-order valence-corrected chi connectivity index (χ4v) is 0.931. The van der Waals surface area contributed by atoms with Gasteiger partial charge in [-0.3, -0.25) is 9.59 Å². The first-order valence-electron chi connectivity index (χ1n) is 5.36. The summed E-state index contributed by atoms with van der Waals surface area (Å²) in [7, 11) is 1.55. The van der Waals surface area contributed by atoms with Crippen molar-refractivity contribution in [2.45, 2.75) is 32.7 Å². The Bertz CT molecular complexity index is 255. The normalized spacial score (nSPS) is 10.8. The van der Waals surface area contributed by atoms with Crippen molar-refractivity contribution in [3.8, 4) is 0 Å². The smallest absolute Gasteiger partial charge is 0.326 e. The second-order valence-corrected chi connectivity index (χ2v) is 2.92. The summed E-state index contributed by atoms with van der Waals surface area (Å²) >= 11 is 0. The van der Waals surface area contributed by atoms with E-state index in [0.717, 1.165) is 0 Å². The Balaban J connectivity index is 0. The van der Waals surface area contributed by atoms with Gasteiger partial charge in [0.2, 0.25) is 5.91 Å². The van der Waals surface area contributed by atoms with Gasteiger partial charge in [0.15, 0.2) is 0 Å². The molecule has 0 heterocycles. The lowest BCUT2D eigenvalue weighted by atomic mass is 10.1. The van der Waals surface area contributed by atoms with E-state index in [1.807, 2.05) is 13.8 Å². The molecule has 17 heavy (non-hydrogen) atoms. The number of hydrogen-bond donors (Lipinski definition) is 4. The Hall–Kier alpha value is -1.63. The average molecular weight is 248 g/mol. The van der Waals surface area contributed by atoms with Crippen LogP contribution in [0, 0.1) is 0 Å². The first kappa shape index (κ1) is 17.8. The minimum atomic E-state index is -1.24. The van der Waals surface area contributed by atoms with E-state index in [1.54, 1.807) is 7.05 Å². The molecular weight excluding hydrogens is 228 g/mol. The minimum absolute atomic E-state index is 0.00312. The monoisotopic (exact) mass is 248 g/mol. The summed E-state index contributed by atoms with van der Waals surface area (Å²) in [6.45, 7) is 4.00. The molecular formula is C10H20N2O5. The molecule has 7 heteroatoms. The van der Waals surface area contributed by atoms with Gasteiger partial charge in [-0.25, -0.2) is 4.79 Å². The molecule has 0 saturated heterocycles. The average Bonchev–Trinajstić information content (AvgIpc) is 2.26. The predicted octanol–water partition coefficient (Wildman–Crippen LogP) is -0.334. The number of carboxylic acid groups (broad SMARTS) is 2. The number of nitrogens with one attached hydrogen (secondary N) is 2. The third kappa shape index (κ3) is 10.6. The topological polar surface area (TPSA) is 116 Å². The molecule has 0 rings (SSSR count). The molecule has 1 amide bonds. The van der Waals surface area contributed by atoms with Crippen LogP contribution < -0.4 is 10.6 Å². The summed E-state index contributed by atoms with van der Waals surface area (Å²) in [6.07, 6.45) is -0.420. The first-order valence-corrected chi connectivity index (χ1v) is 5.36. The minimum Gasteiger partial charge on any atom is -0.481 e. The van der Waals surface area contributed by atoms with Gasteiger partial charge in [0.25, 0.3) is 0 Å². The van der Waals surface area contributed by atoms with Crippen LogP contribution in [0.1, 0.15) is 26.7 Å². The molecule has 0 saturated carbocycles. The van der Waals surface area contributed by atoms with Gasteiger partial charge in [0.05, 0.1) is 6.54 Å². The summed E-state index contributed by atoms with van der Waals surface area (Å²) in [5.74, 6) is -2.81. The van der Waals surface area contributed by atoms with Gasteiger partial charge in [-0.1, -0.05) is 13.8 Å². The molecule has 0 fully saturated rings. The number of carbonyl (C=O) groups excluding carboxylic acids is 1. The maximum Gasteiger partial charge on any atom is 0.326 e. The Morgan fingerprint density at radius 3 is 2.06 bits per heavy atom. The van der Waals surface area contributed by atoms with Crippen LogP contribution >= 0.6 is 0 Å². The van der Waals surface area contributed by atoms with Gasteiger partial charge in [0.1, 0.15) is 6.04 Å². The number of carboxylic acids is 2.